The van der Waals surface area contributed by atoms with Gasteiger partial charge >= 0.3 is 0 Å². The monoisotopic (exact) mass is 329 g/mol. The predicted octanol–water partition coefficient (Wildman–Crippen LogP) is 1.71. The first kappa shape index (κ1) is 15.3. The summed E-state index contributed by atoms with van der Waals surface area (Å²) in [6.07, 6.45) is 0.268. The molecule has 0 saturated carbocycles. The lowest BCUT2D eigenvalue weighted by atomic mass is 10.1. The van der Waals surface area contributed by atoms with Crippen LogP contribution in [0.15, 0.2) is 27.8 Å². The van der Waals surface area contributed by atoms with Gasteiger partial charge in [0.1, 0.15) is 11.6 Å². The van der Waals surface area contributed by atoms with Gasteiger partial charge in [0.15, 0.2) is 0 Å². The van der Waals surface area contributed by atoms with Crippen molar-refractivity contribution in [2.45, 2.75) is 19.4 Å². The minimum absolute atomic E-state index is 0.0671. The second-order valence-corrected chi connectivity index (χ2v) is 4.87. The number of carbonyl (C=O) groups is 1. The Morgan fingerprint density at radius 2 is 2.32 bits per heavy atom. The summed E-state index contributed by atoms with van der Waals surface area (Å²) in [5, 5.41) is 14.1. The van der Waals surface area contributed by atoms with E-state index in [9.17, 15) is 4.79 Å². The number of carbonyl (C=O) groups excluding carboxylic acids is 1. The molecule has 0 aliphatic heterocycles. The van der Waals surface area contributed by atoms with Crippen LogP contribution in [-0.2, 0) is 0 Å². The van der Waals surface area contributed by atoms with Crippen LogP contribution in [0.4, 0.5) is 0 Å². The number of nitrogens with one attached hydrogen (secondary N) is 1. The van der Waals surface area contributed by atoms with E-state index in [-0.39, 0.29) is 24.2 Å². The molecule has 6 nitrogen and oxygen atoms in total. The molecule has 1 aromatic rings. The maximum absolute atomic E-state index is 12.1. The number of nitrogens with two attached hydrogens (primary N) is 1. The molecule has 0 saturated heterocycles. The highest BCUT2D eigenvalue weighted by molar-refractivity contribution is 9.10. The highest BCUT2D eigenvalue weighted by Crippen LogP contribution is 2.22. The van der Waals surface area contributed by atoms with Crippen molar-refractivity contribution in [1.82, 2.24) is 5.32 Å². The maximum Gasteiger partial charge on any atom is 0.252 e. The van der Waals surface area contributed by atoms with Gasteiger partial charge in [-0.3, -0.25) is 4.79 Å². The third-order valence-corrected chi connectivity index (χ3v) is 3.13. The summed E-state index contributed by atoms with van der Waals surface area (Å²) >= 11 is 3.31. The number of hydrogen-bond acceptors (Lipinski definition) is 4. The number of halogens is 1. The van der Waals surface area contributed by atoms with E-state index in [2.05, 4.69) is 26.4 Å². The maximum atomic E-state index is 12.1. The third kappa shape index (κ3) is 4.44. The lowest BCUT2D eigenvalue weighted by Gasteiger charge is -2.14. The minimum Gasteiger partial charge on any atom is -0.497 e. The summed E-state index contributed by atoms with van der Waals surface area (Å²) in [5.74, 6) is 0.402. The van der Waals surface area contributed by atoms with Gasteiger partial charge in [0.05, 0.1) is 12.7 Å². The largest absolute Gasteiger partial charge is 0.497 e. The summed E-state index contributed by atoms with van der Waals surface area (Å²) < 4.78 is 5.74. The van der Waals surface area contributed by atoms with E-state index >= 15 is 0 Å². The second-order valence-electron chi connectivity index (χ2n) is 4.02. The van der Waals surface area contributed by atoms with E-state index < -0.39 is 0 Å². The summed E-state index contributed by atoms with van der Waals surface area (Å²) in [6.45, 7) is 1.77. The Morgan fingerprint density at radius 1 is 1.63 bits per heavy atom. The number of methoxy groups -OCH3 is 1. The third-order valence-electron chi connectivity index (χ3n) is 2.44. The molecule has 0 fully saturated rings. The molecule has 0 aromatic heterocycles. The van der Waals surface area contributed by atoms with Crippen LogP contribution in [0.1, 0.15) is 23.7 Å². The normalized spacial score (nSPS) is 12.9. The lowest BCUT2D eigenvalue weighted by Crippen LogP contribution is -2.36. The summed E-state index contributed by atoms with van der Waals surface area (Å²) in [6, 6.07) is 4.87. The smallest absolute Gasteiger partial charge is 0.252 e. The molecule has 1 amide bonds. The van der Waals surface area contributed by atoms with Gasteiger partial charge in [-0.25, -0.2) is 0 Å². The van der Waals surface area contributed by atoms with Crippen molar-refractivity contribution in [3.63, 3.8) is 0 Å². The van der Waals surface area contributed by atoms with Crippen molar-refractivity contribution in [3.05, 3.63) is 28.2 Å². The Kier molecular flexibility index (Phi) is 5.62. The van der Waals surface area contributed by atoms with E-state index in [1.165, 1.54) is 7.11 Å². The highest BCUT2D eigenvalue weighted by atomic mass is 79.9. The lowest BCUT2D eigenvalue weighted by molar-refractivity contribution is 0.0940. The molecule has 0 aliphatic rings. The van der Waals surface area contributed by atoms with Gasteiger partial charge < -0.3 is 21.0 Å². The van der Waals surface area contributed by atoms with E-state index in [1.807, 2.05) is 0 Å². The van der Waals surface area contributed by atoms with Gasteiger partial charge in [-0.2, -0.15) is 0 Å². The molecular formula is C12H16BrN3O3. The van der Waals surface area contributed by atoms with Crippen molar-refractivity contribution in [2.24, 2.45) is 10.9 Å². The van der Waals surface area contributed by atoms with Gasteiger partial charge in [-0.05, 0) is 41.1 Å². The molecule has 0 aliphatic carbocycles. The SMILES string of the molecule is COc1ccc(Br)c(C(=O)NC(C)C/C(N)=N/O)c1. The molecule has 104 valence electrons. The molecule has 0 bridgehead atoms. The average Bonchev–Trinajstić information content (AvgIpc) is 2.38. The Balaban J connectivity index is 2.78. The minimum atomic E-state index is -0.260. The number of rotatable bonds is 5. The van der Waals surface area contributed by atoms with Crippen molar-refractivity contribution in [1.29, 1.82) is 0 Å². The quantitative estimate of drug-likeness (QED) is 0.331. The molecule has 1 aromatic carbocycles. The Hall–Kier alpha value is -1.76. The molecule has 1 rings (SSSR count). The standard InChI is InChI=1S/C12H16BrN3O3/c1-7(5-11(14)16-18)15-12(17)9-6-8(19-2)3-4-10(9)13/h3-4,6-7,18H,5H2,1-2H3,(H2,14,16)(H,15,17). The molecule has 0 spiro atoms. The zero-order valence-electron chi connectivity index (χ0n) is 10.7. The number of hydrogen-bond donors (Lipinski definition) is 3. The van der Waals surface area contributed by atoms with Crippen molar-refractivity contribution < 1.29 is 14.7 Å². The van der Waals surface area contributed by atoms with Gasteiger partial charge in [-0.15, -0.1) is 0 Å². The second kappa shape index (κ2) is 6.98. The van der Waals surface area contributed by atoms with Crippen LogP contribution < -0.4 is 15.8 Å². The molecular weight excluding hydrogens is 314 g/mol. The van der Waals surface area contributed by atoms with Crippen LogP contribution in [0.3, 0.4) is 0 Å². The summed E-state index contributed by atoms with van der Waals surface area (Å²) in [7, 11) is 1.53. The van der Waals surface area contributed by atoms with Crippen LogP contribution in [0.25, 0.3) is 0 Å². The fourth-order valence-electron chi connectivity index (χ4n) is 1.51. The first-order chi connectivity index (χ1) is 8.97. The number of ether oxygens (including phenoxy) is 1. The number of amidine groups is 1. The molecule has 0 heterocycles. The highest BCUT2D eigenvalue weighted by Gasteiger charge is 2.14. The van der Waals surface area contributed by atoms with E-state index in [0.717, 1.165) is 0 Å². The Bertz CT molecular complexity index is 491. The fraction of sp³-hybridized carbons (Fsp3) is 0.333. The molecule has 0 radical (unpaired) electrons. The summed E-state index contributed by atoms with van der Waals surface area (Å²) in [5.41, 5.74) is 5.85. The Morgan fingerprint density at radius 3 is 2.89 bits per heavy atom. The topological polar surface area (TPSA) is 96.9 Å². The van der Waals surface area contributed by atoms with Gasteiger partial charge in [0.25, 0.3) is 5.91 Å². The molecule has 4 N–H and O–H groups in total. The molecule has 1 unspecified atom stereocenters. The van der Waals surface area contributed by atoms with Gasteiger partial charge in [0, 0.05) is 16.9 Å². The van der Waals surface area contributed by atoms with E-state index in [0.29, 0.717) is 15.8 Å². The first-order valence-electron chi connectivity index (χ1n) is 5.58. The predicted molar refractivity (Wildman–Crippen MR) is 75.6 cm³/mol. The van der Waals surface area contributed by atoms with Crippen LogP contribution >= 0.6 is 15.9 Å². The summed E-state index contributed by atoms with van der Waals surface area (Å²) in [4.78, 5) is 12.1. The van der Waals surface area contributed by atoms with E-state index in [1.54, 1.807) is 25.1 Å². The molecule has 1 atom stereocenters. The van der Waals surface area contributed by atoms with Crippen LogP contribution in [0, 0.1) is 0 Å². The van der Waals surface area contributed by atoms with Crippen molar-refractivity contribution in [3.8, 4) is 5.75 Å². The van der Waals surface area contributed by atoms with Crippen LogP contribution in [-0.4, -0.2) is 30.1 Å². The van der Waals surface area contributed by atoms with E-state index in [4.69, 9.17) is 15.7 Å². The van der Waals surface area contributed by atoms with Crippen molar-refractivity contribution in [2.75, 3.05) is 7.11 Å². The number of oxime groups is 1. The number of benzene rings is 1. The fourth-order valence-corrected chi connectivity index (χ4v) is 1.94. The molecule has 19 heavy (non-hydrogen) atoms. The van der Waals surface area contributed by atoms with Gasteiger partial charge in [-0.1, -0.05) is 5.16 Å². The van der Waals surface area contributed by atoms with Crippen LogP contribution in [0.2, 0.25) is 0 Å². The first-order valence-corrected chi connectivity index (χ1v) is 6.38. The average molecular weight is 330 g/mol. The Labute approximate surface area is 119 Å². The molecule has 7 heteroatoms. The number of amides is 1. The van der Waals surface area contributed by atoms with Gasteiger partial charge in [0.2, 0.25) is 0 Å². The number of nitrogens with zero attached hydrogens (tertiary/aromatic N) is 1. The van der Waals surface area contributed by atoms with Crippen molar-refractivity contribution >= 4 is 27.7 Å². The zero-order valence-corrected chi connectivity index (χ0v) is 12.3. The zero-order chi connectivity index (χ0) is 14.4. The van der Waals surface area contributed by atoms with Crippen LogP contribution in [0.5, 0.6) is 5.75 Å².